The largest absolute Gasteiger partial charge is 0.0985 e. The molecule has 0 aliphatic rings. The second kappa shape index (κ2) is 6.23. The normalized spacial score (nSPS) is 10.3. The van der Waals surface area contributed by atoms with E-state index in [4.69, 9.17) is 0 Å². The molecular formula is C21H18. The highest BCUT2D eigenvalue weighted by Gasteiger charge is 2.09. The fourth-order valence-corrected chi connectivity index (χ4v) is 2.68. The predicted octanol–water partition coefficient (Wildman–Crippen LogP) is 5.59. The van der Waals surface area contributed by atoms with Gasteiger partial charge in [-0.25, -0.2) is 0 Å². The first-order valence-corrected chi connectivity index (χ1v) is 7.22. The van der Waals surface area contributed by atoms with E-state index in [1.807, 2.05) is 6.08 Å². The summed E-state index contributed by atoms with van der Waals surface area (Å²) in [5.41, 5.74) is 6.41. The summed E-state index contributed by atoms with van der Waals surface area (Å²) in [5.74, 6) is 0. The zero-order valence-corrected chi connectivity index (χ0v) is 12.0. The molecule has 0 radical (unpaired) electrons. The molecule has 21 heavy (non-hydrogen) atoms. The van der Waals surface area contributed by atoms with E-state index in [0.717, 1.165) is 6.42 Å². The van der Waals surface area contributed by atoms with E-state index < -0.39 is 0 Å². The maximum absolute atomic E-state index is 3.97. The molecule has 0 atom stereocenters. The second-order valence-corrected chi connectivity index (χ2v) is 5.11. The van der Waals surface area contributed by atoms with Crippen molar-refractivity contribution in [3.63, 3.8) is 0 Å². The lowest BCUT2D eigenvalue weighted by molar-refractivity contribution is 1.19. The Morgan fingerprint density at radius 3 is 2.05 bits per heavy atom. The lowest BCUT2D eigenvalue weighted by Gasteiger charge is -2.13. The zero-order valence-electron chi connectivity index (χ0n) is 12.0. The Morgan fingerprint density at radius 1 is 0.714 bits per heavy atom. The number of hydrogen-bond donors (Lipinski definition) is 0. The molecule has 0 aliphatic carbocycles. The first-order chi connectivity index (χ1) is 10.4. The molecule has 0 aliphatic heterocycles. The summed E-state index contributed by atoms with van der Waals surface area (Å²) in [6, 6.07) is 27.6. The van der Waals surface area contributed by atoms with Gasteiger partial charge in [0.2, 0.25) is 0 Å². The fraction of sp³-hybridized carbons (Fsp3) is 0.0476. The molecule has 0 fully saturated rings. The molecule has 0 nitrogen and oxygen atoms in total. The SMILES string of the molecule is C=Cc1cccc(-c2ccccc2)c1Cc1ccccc1. The van der Waals surface area contributed by atoms with Crippen molar-refractivity contribution in [2.45, 2.75) is 6.42 Å². The summed E-state index contributed by atoms with van der Waals surface area (Å²) in [6.45, 7) is 3.97. The van der Waals surface area contributed by atoms with Gasteiger partial charge in [0, 0.05) is 0 Å². The Kier molecular flexibility index (Phi) is 3.97. The molecule has 0 aromatic heterocycles. The molecule has 0 unspecified atom stereocenters. The smallest absolute Gasteiger partial charge is 0.00137 e. The van der Waals surface area contributed by atoms with Gasteiger partial charge in [-0.2, -0.15) is 0 Å². The summed E-state index contributed by atoms with van der Waals surface area (Å²) >= 11 is 0. The average molecular weight is 270 g/mol. The van der Waals surface area contributed by atoms with Crippen LogP contribution in [0.5, 0.6) is 0 Å². The molecule has 0 amide bonds. The van der Waals surface area contributed by atoms with E-state index in [1.54, 1.807) is 0 Å². The maximum Gasteiger partial charge on any atom is -0.00137 e. The molecule has 102 valence electrons. The van der Waals surface area contributed by atoms with Gasteiger partial charge < -0.3 is 0 Å². The minimum Gasteiger partial charge on any atom is -0.0985 e. The molecule has 3 rings (SSSR count). The minimum atomic E-state index is 0.924. The van der Waals surface area contributed by atoms with Crippen LogP contribution in [-0.2, 0) is 6.42 Å². The van der Waals surface area contributed by atoms with Gasteiger partial charge in [0.25, 0.3) is 0 Å². The average Bonchev–Trinajstić information content (AvgIpc) is 2.57. The first-order valence-electron chi connectivity index (χ1n) is 7.22. The van der Waals surface area contributed by atoms with Crippen LogP contribution in [0, 0.1) is 0 Å². The van der Waals surface area contributed by atoms with Crippen LogP contribution in [-0.4, -0.2) is 0 Å². The van der Waals surface area contributed by atoms with Crippen LogP contribution in [0.15, 0.2) is 85.4 Å². The molecular weight excluding hydrogens is 252 g/mol. The highest BCUT2D eigenvalue weighted by atomic mass is 14.1. The number of hydrogen-bond acceptors (Lipinski definition) is 0. The molecule has 3 aromatic rings. The molecule has 0 heteroatoms. The topological polar surface area (TPSA) is 0 Å². The van der Waals surface area contributed by atoms with E-state index in [0.29, 0.717) is 0 Å². The summed E-state index contributed by atoms with van der Waals surface area (Å²) < 4.78 is 0. The second-order valence-electron chi connectivity index (χ2n) is 5.11. The third-order valence-electron chi connectivity index (χ3n) is 3.74. The molecule has 0 spiro atoms. The molecule has 0 bridgehead atoms. The third-order valence-corrected chi connectivity index (χ3v) is 3.74. The van der Waals surface area contributed by atoms with Gasteiger partial charge >= 0.3 is 0 Å². The molecule has 0 saturated heterocycles. The molecule has 3 aromatic carbocycles. The fourth-order valence-electron chi connectivity index (χ4n) is 2.68. The van der Waals surface area contributed by atoms with Crippen LogP contribution < -0.4 is 0 Å². The van der Waals surface area contributed by atoms with E-state index in [2.05, 4.69) is 85.4 Å². The van der Waals surface area contributed by atoms with Crippen LogP contribution >= 0.6 is 0 Å². The van der Waals surface area contributed by atoms with E-state index in [1.165, 1.54) is 27.8 Å². The summed E-state index contributed by atoms with van der Waals surface area (Å²) in [7, 11) is 0. The van der Waals surface area contributed by atoms with Gasteiger partial charge in [-0.1, -0.05) is 91.5 Å². The third kappa shape index (κ3) is 2.95. The quantitative estimate of drug-likeness (QED) is 0.580. The Hall–Kier alpha value is -2.60. The van der Waals surface area contributed by atoms with Crippen molar-refractivity contribution in [3.8, 4) is 11.1 Å². The van der Waals surface area contributed by atoms with Crippen molar-refractivity contribution in [1.82, 2.24) is 0 Å². The van der Waals surface area contributed by atoms with Crippen LogP contribution in [0.1, 0.15) is 16.7 Å². The van der Waals surface area contributed by atoms with Crippen LogP contribution in [0.25, 0.3) is 17.2 Å². The van der Waals surface area contributed by atoms with Crippen molar-refractivity contribution in [1.29, 1.82) is 0 Å². The van der Waals surface area contributed by atoms with Crippen molar-refractivity contribution in [2.75, 3.05) is 0 Å². The van der Waals surface area contributed by atoms with E-state index in [-0.39, 0.29) is 0 Å². The van der Waals surface area contributed by atoms with Crippen LogP contribution in [0.3, 0.4) is 0 Å². The van der Waals surface area contributed by atoms with Crippen molar-refractivity contribution >= 4 is 6.08 Å². The maximum atomic E-state index is 3.97. The Morgan fingerprint density at radius 2 is 1.38 bits per heavy atom. The summed E-state index contributed by atoms with van der Waals surface area (Å²) in [5, 5.41) is 0. The van der Waals surface area contributed by atoms with Crippen LogP contribution in [0.2, 0.25) is 0 Å². The minimum absolute atomic E-state index is 0.924. The molecule has 0 N–H and O–H groups in total. The van der Waals surface area contributed by atoms with Crippen molar-refractivity contribution in [3.05, 3.63) is 102 Å². The Balaban J connectivity index is 2.11. The zero-order chi connectivity index (χ0) is 14.5. The lowest BCUT2D eigenvalue weighted by Crippen LogP contribution is -1.95. The highest BCUT2D eigenvalue weighted by Crippen LogP contribution is 2.29. The van der Waals surface area contributed by atoms with Gasteiger partial charge in [-0.3, -0.25) is 0 Å². The number of rotatable bonds is 4. The number of benzene rings is 3. The van der Waals surface area contributed by atoms with Crippen molar-refractivity contribution < 1.29 is 0 Å². The van der Waals surface area contributed by atoms with E-state index >= 15 is 0 Å². The molecule has 0 heterocycles. The predicted molar refractivity (Wildman–Crippen MR) is 91.2 cm³/mol. The van der Waals surface area contributed by atoms with Crippen LogP contribution in [0.4, 0.5) is 0 Å². The van der Waals surface area contributed by atoms with Crippen molar-refractivity contribution in [2.24, 2.45) is 0 Å². The van der Waals surface area contributed by atoms with Gasteiger partial charge in [-0.05, 0) is 34.2 Å². The standard InChI is InChI=1S/C21H18/c1-2-18-14-9-15-20(19-12-7-4-8-13-19)21(18)16-17-10-5-3-6-11-17/h2-15H,1,16H2. The molecule has 0 saturated carbocycles. The highest BCUT2D eigenvalue weighted by molar-refractivity contribution is 5.73. The Bertz CT molecular complexity index is 725. The monoisotopic (exact) mass is 270 g/mol. The van der Waals surface area contributed by atoms with E-state index in [9.17, 15) is 0 Å². The first kappa shape index (κ1) is 13.4. The summed E-state index contributed by atoms with van der Waals surface area (Å²) in [4.78, 5) is 0. The van der Waals surface area contributed by atoms with Gasteiger partial charge in [0.1, 0.15) is 0 Å². The van der Waals surface area contributed by atoms with Gasteiger partial charge in [0.05, 0.1) is 0 Å². The van der Waals surface area contributed by atoms with Gasteiger partial charge in [-0.15, -0.1) is 0 Å². The Labute approximate surface area is 126 Å². The summed E-state index contributed by atoms with van der Waals surface area (Å²) in [6.07, 6.45) is 2.87. The lowest BCUT2D eigenvalue weighted by atomic mass is 9.91. The van der Waals surface area contributed by atoms with Gasteiger partial charge in [0.15, 0.2) is 0 Å².